The number of ether oxygens (including phenoxy) is 1. The minimum absolute atomic E-state index is 0.0389. The Morgan fingerprint density at radius 1 is 0.725 bits per heavy atom. The van der Waals surface area contributed by atoms with E-state index < -0.39 is 17.7 Å². The minimum atomic E-state index is -4.50. The van der Waals surface area contributed by atoms with E-state index in [1.807, 2.05) is 36.4 Å². The molecule has 0 aromatic heterocycles. The van der Waals surface area contributed by atoms with E-state index in [0.717, 1.165) is 41.0 Å². The number of unbranched alkanes of at least 4 members (excludes halogenated alkanes) is 9. The van der Waals surface area contributed by atoms with Crippen LogP contribution in [0.4, 0.5) is 13.2 Å². The van der Waals surface area contributed by atoms with Crippen molar-refractivity contribution in [2.75, 3.05) is 6.61 Å². The zero-order valence-electron chi connectivity index (χ0n) is 23.8. The first-order chi connectivity index (χ1) is 19.3. The summed E-state index contributed by atoms with van der Waals surface area (Å²) in [5, 5.41) is 3.11. The fourth-order valence-electron chi connectivity index (χ4n) is 4.99. The molecule has 0 heterocycles. The van der Waals surface area contributed by atoms with E-state index in [0.29, 0.717) is 6.61 Å². The fraction of sp³-hybridized carbons (Fsp3) is 0.485. The summed E-state index contributed by atoms with van der Waals surface area (Å²) in [6.07, 6.45) is 8.09. The lowest BCUT2D eigenvalue weighted by Crippen LogP contribution is -2.27. The summed E-state index contributed by atoms with van der Waals surface area (Å²) in [5.74, 6) is 0.182. The number of benzene rings is 3. The Hall–Kier alpha value is -3.06. The highest BCUT2D eigenvalue weighted by atomic mass is 19.4. The minimum Gasteiger partial charge on any atom is -0.493 e. The van der Waals surface area contributed by atoms with Gasteiger partial charge in [-0.3, -0.25) is 4.79 Å². The van der Waals surface area contributed by atoms with Crippen LogP contribution in [0.5, 0.6) is 5.75 Å². The van der Waals surface area contributed by atoms with E-state index in [2.05, 4.69) is 6.92 Å². The van der Waals surface area contributed by atoms with E-state index in [1.54, 1.807) is 6.07 Å². The fourth-order valence-corrected chi connectivity index (χ4v) is 4.99. The summed E-state index contributed by atoms with van der Waals surface area (Å²) >= 11 is 0. The lowest BCUT2D eigenvalue weighted by atomic mass is 10.0. The summed E-state index contributed by atoms with van der Waals surface area (Å²) in [5.41, 5.74) is 0.123. The van der Waals surface area contributed by atoms with Crippen LogP contribution in [0.15, 0.2) is 60.7 Å². The third-order valence-electron chi connectivity index (χ3n) is 7.00. The average Bonchev–Trinajstić information content (AvgIpc) is 2.92. The van der Waals surface area contributed by atoms with E-state index in [1.165, 1.54) is 75.5 Å². The Bertz CT molecular complexity index is 1200. The van der Waals surface area contributed by atoms with Gasteiger partial charge < -0.3 is 9.57 Å². The Kier molecular flexibility index (Phi) is 12.8. The van der Waals surface area contributed by atoms with Crippen LogP contribution in [-0.4, -0.2) is 17.6 Å². The van der Waals surface area contributed by atoms with Crippen molar-refractivity contribution in [3.05, 3.63) is 77.4 Å². The lowest BCUT2D eigenvalue weighted by molar-refractivity contribution is -0.194. The zero-order valence-corrected chi connectivity index (χ0v) is 23.8. The van der Waals surface area contributed by atoms with E-state index >= 15 is 0 Å². The van der Waals surface area contributed by atoms with Gasteiger partial charge in [0.1, 0.15) is 5.75 Å². The van der Waals surface area contributed by atoms with E-state index in [4.69, 9.17) is 9.57 Å². The lowest BCUT2D eigenvalue weighted by Gasteiger charge is -2.23. The van der Waals surface area contributed by atoms with Gasteiger partial charge in [-0.15, -0.1) is 5.06 Å². The van der Waals surface area contributed by atoms with Crippen LogP contribution in [0.2, 0.25) is 0 Å². The quantitative estimate of drug-likeness (QED) is 0.122. The molecular weight excluding hydrogens is 515 g/mol. The Morgan fingerprint density at radius 2 is 1.30 bits per heavy atom. The van der Waals surface area contributed by atoms with Crippen LogP contribution < -0.4 is 4.74 Å². The predicted molar refractivity (Wildman–Crippen MR) is 154 cm³/mol. The first-order valence-corrected chi connectivity index (χ1v) is 14.5. The van der Waals surface area contributed by atoms with Crippen molar-refractivity contribution >= 4 is 16.7 Å². The number of halogens is 3. The van der Waals surface area contributed by atoms with Crippen molar-refractivity contribution in [3.63, 3.8) is 0 Å². The molecule has 4 nitrogen and oxygen atoms in total. The molecule has 0 unspecified atom stereocenters. The molecule has 0 bridgehead atoms. The molecule has 0 N–H and O–H groups in total. The summed E-state index contributed by atoms with van der Waals surface area (Å²) in [6.45, 7) is 4.05. The number of hydroxylamine groups is 2. The first-order valence-electron chi connectivity index (χ1n) is 14.5. The van der Waals surface area contributed by atoms with Crippen LogP contribution in [0, 0.1) is 0 Å². The highest BCUT2D eigenvalue weighted by Gasteiger charge is 2.33. The van der Waals surface area contributed by atoms with Gasteiger partial charge in [0, 0.05) is 12.3 Å². The van der Waals surface area contributed by atoms with Crippen LogP contribution >= 0.6 is 0 Å². The molecular formula is C33H42F3NO3. The van der Waals surface area contributed by atoms with E-state index in [9.17, 15) is 18.0 Å². The van der Waals surface area contributed by atoms with E-state index in [-0.39, 0.29) is 18.7 Å². The van der Waals surface area contributed by atoms with Gasteiger partial charge in [0.15, 0.2) is 0 Å². The molecule has 0 fully saturated rings. The second-order valence-corrected chi connectivity index (χ2v) is 10.3. The highest BCUT2D eigenvalue weighted by molar-refractivity contribution is 5.91. The molecule has 0 atom stereocenters. The second-order valence-electron chi connectivity index (χ2n) is 10.3. The molecule has 7 heteroatoms. The maximum Gasteiger partial charge on any atom is 0.416 e. The van der Waals surface area contributed by atoms with Crippen LogP contribution in [0.3, 0.4) is 0 Å². The van der Waals surface area contributed by atoms with Gasteiger partial charge in [0.2, 0.25) is 0 Å². The standard InChI is InChI=1S/C33H42F3NO3/c1-3-4-5-6-7-8-9-10-11-16-23-39-32-22-21-27(29-18-13-14-19-30(29)32)24-37(40-26(2)38)25-28-17-12-15-20-31(28)33(34,35)36/h12-15,17-22H,3-11,16,23-25H2,1-2H3. The normalized spacial score (nSPS) is 11.8. The predicted octanol–water partition coefficient (Wildman–Crippen LogP) is 9.64. The number of hydrogen-bond donors (Lipinski definition) is 0. The zero-order chi connectivity index (χ0) is 28.8. The van der Waals surface area contributed by atoms with Crippen molar-refractivity contribution < 1.29 is 27.5 Å². The summed E-state index contributed by atoms with van der Waals surface area (Å²) in [6, 6.07) is 16.9. The van der Waals surface area contributed by atoms with Crippen molar-refractivity contribution in [2.24, 2.45) is 0 Å². The number of alkyl halides is 3. The molecule has 0 aliphatic heterocycles. The maximum atomic E-state index is 13.6. The Balaban J connectivity index is 1.61. The van der Waals surface area contributed by atoms with Crippen LogP contribution in [0.25, 0.3) is 10.8 Å². The van der Waals surface area contributed by atoms with Gasteiger partial charge in [-0.2, -0.15) is 13.2 Å². The Morgan fingerprint density at radius 3 is 1.95 bits per heavy atom. The maximum absolute atomic E-state index is 13.6. The number of carbonyl (C=O) groups excluding carboxylic acids is 1. The van der Waals surface area contributed by atoms with Crippen molar-refractivity contribution in [1.82, 2.24) is 5.06 Å². The summed E-state index contributed by atoms with van der Waals surface area (Å²) in [4.78, 5) is 17.2. The van der Waals surface area contributed by atoms with Gasteiger partial charge in [0.25, 0.3) is 0 Å². The highest BCUT2D eigenvalue weighted by Crippen LogP contribution is 2.34. The smallest absolute Gasteiger partial charge is 0.416 e. The third-order valence-corrected chi connectivity index (χ3v) is 7.00. The number of carbonyl (C=O) groups is 1. The monoisotopic (exact) mass is 557 g/mol. The van der Waals surface area contributed by atoms with Gasteiger partial charge in [0.05, 0.1) is 25.3 Å². The molecule has 0 spiro atoms. The number of fused-ring (bicyclic) bond motifs is 1. The molecule has 3 rings (SSSR count). The van der Waals surface area contributed by atoms with Crippen LogP contribution in [-0.2, 0) is 28.9 Å². The second kappa shape index (κ2) is 16.3. The molecule has 0 saturated heterocycles. The molecule has 40 heavy (non-hydrogen) atoms. The molecule has 0 amide bonds. The molecule has 0 saturated carbocycles. The van der Waals surface area contributed by atoms with Gasteiger partial charge in [-0.25, -0.2) is 0 Å². The molecule has 0 radical (unpaired) electrons. The number of nitrogens with zero attached hydrogens (tertiary/aromatic N) is 1. The van der Waals surface area contributed by atoms with Gasteiger partial charge >= 0.3 is 12.1 Å². The SMILES string of the molecule is CCCCCCCCCCCCOc1ccc(CN(Cc2ccccc2C(F)(F)F)OC(C)=O)c2ccccc12. The molecule has 3 aromatic carbocycles. The summed E-state index contributed by atoms with van der Waals surface area (Å²) < 4.78 is 46.8. The van der Waals surface area contributed by atoms with Gasteiger partial charge in [-0.05, 0) is 35.1 Å². The summed E-state index contributed by atoms with van der Waals surface area (Å²) in [7, 11) is 0. The van der Waals surface area contributed by atoms with Crippen LogP contribution in [0.1, 0.15) is 94.7 Å². The number of hydrogen-bond acceptors (Lipinski definition) is 4. The van der Waals surface area contributed by atoms with Crippen molar-refractivity contribution in [1.29, 1.82) is 0 Å². The molecule has 0 aliphatic rings. The Labute approximate surface area is 236 Å². The molecule has 218 valence electrons. The first kappa shape index (κ1) is 31.5. The third kappa shape index (κ3) is 10.2. The largest absolute Gasteiger partial charge is 0.493 e. The number of rotatable bonds is 17. The molecule has 3 aromatic rings. The van der Waals surface area contributed by atoms with Gasteiger partial charge in [-0.1, -0.05) is 113 Å². The van der Waals surface area contributed by atoms with Crippen molar-refractivity contribution in [2.45, 2.75) is 97.3 Å². The molecule has 0 aliphatic carbocycles. The van der Waals surface area contributed by atoms with Crippen molar-refractivity contribution in [3.8, 4) is 5.75 Å². The topological polar surface area (TPSA) is 38.8 Å². The average molecular weight is 558 g/mol.